The molecule has 0 bridgehead atoms. The smallest absolute Gasteiger partial charge is 0.247 e. The molecule has 0 aromatic carbocycles. The predicted octanol–water partition coefficient (Wildman–Crippen LogP) is -0.983. The molecule has 0 saturated carbocycles. The standard InChI is InChI=1S/C9H13N3O2/c10-9(14)8(13)6-12-5-7-2-1-3-11-4-7/h1-4,8,12-13H,5-6H2,(H2,10,14). The summed E-state index contributed by atoms with van der Waals surface area (Å²) < 4.78 is 0. The Hall–Kier alpha value is -1.46. The maximum Gasteiger partial charge on any atom is 0.247 e. The van der Waals surface area contributed by atoms with E-state index >= 15 is 0 Å². The highest BCUT2D eigenvalue weighted by atomic mass is 16.3. The van der Waals surface area contributed by atoms with Gasteiger partial charge in [0.15, 0.2) is 0 Å². The van der Waals surface area contributed by atoms with Gasteiger partial charge in [-0.15, -0.1) is 0 Å². The fraction of sp³-hybridized carbons (Fsp3) is 0.333. The van der Waals surface area contributed by atoms with Crippen molar-refractivity contribution in [2.24, 2.45) is 5.73 Å². The van der Waals surface area contributed by atoms with Gasteiger partial charge in [-0.2, -0.15) is 0 Å². The highest BCUT2D eigenvalue weighted by molar-refractivity contribution is 5.78. The monoisotopic (exact) mass is 195 g/mol. The Labute approximate surface area is 82.0 Å². The maximum atomic E-state index is 10.5. The van der Waals surface area contributed by atoms with E-state index in [-0.39, 0.29) is 6.54 Å². The van der Waals surface area contributed by atoms with E-state index in [1.54, 1.807) is 12.4 Å². The van der Waals surface area contributed by atoms with Crippen molar-refractivity contribution < 1.29 is 9.90 Å². The second-order valence-corrected chi connectivity index (χ2v) is 2.91. The van der Waals surface area contributed by atoms with E-state index in [4.69, 9.17) is 10.8 Å². The lowest BCUT2D eigenvalue weighted by molar-refractivity contribution is -0.125. The Morgan fingerprint density at radius 1 is 1.71 bits per heavy atom. The van der Waals surface area contributed by atoms with Crippen LogP contribution in [-0.4, -0.2) is 28.6 Å². The minimum absolute atomic E-state index is 0.157. The number of aromatic nitrogens is 1. The van der Waals surface area contributed by atoms with Gasteiger partial charge < -0.3 is 16.2 Å². The maximum absolute atomic E-state index is 10.5. The molecule has 1 amide bonds. The first kappa shape index (κ1) is 10.6. The molecule has 1 aromatic heterocycles. The molecule has 1 rings (SSSR count). The van der Waals surface area contributed by atoms with Gasteiger partial charge in [0.2, 0.25) is 5.91 Å². The molecule has 4 N–H and O–H groups in total. The molecule has 5 nitrogen and oxygen atoms in total. The zero-order valence-electron chi connectivity index (χ0n) is 7.68. The highest BCUT2D eigenvalue weighted by Crippen LogP contribution is 1.93. The molecule has 1 heterocycles. The number of nitrogens with zero attached hydrogens (tertiary/aromatic N) is 1. The largest absolute Gasteiger partial charge is 0.382 e. The van der Waals surface area contributed by atoms with Crippen molar-refractivity contribution in [3.8, 4) is 0 Å². The first-order valence-electron chi connectivity index (χ1n) is 4.27. The van der Waals surface area contributed by atoms with Crippen LogP contribution in [0, 0.1) is 0 Å². The molecular weight excluding hydrogens is 182 g/mol. The number of rotatable bonds is 5. The van der Waals surface area contributed by atoms with Crippen molar-refractivity contribution in [2.45, 2.75) is 12.6 Å². The summed E-state index contributed by atoms with van der Waals surface area (Å²) in [5.41, 5.74) is 5.86. The van der Waals surface area contributed by atoms with Gasteiger partial charge in [-0.25, -0.2) is 0 Å². The molecule has 1 atom stereocenters. The lowest BCUT2D eigenvalue weighted by atomic mass is 10.2. The lowest BCUT2D eigenvalue weighted by Crippen LogP contribution is -2.37. The molecule has 1 aromatic rings. The quantitative estimate of drug-likeness (QED) is 0.563. The van der Waals surface area contributed by atoms with Gasteiger partial charge in [-0.1, -0.05) is 6.07 Å². The molecule has 0 saturated heterocycles. The predicted molar refractivity (Wildman–Crippen MR) is 51.1 cm³/mol. The first-order chi connectivity index (χ1) is 6.70. The van der Waals surface area contributed by atoms with Crippen LogP contribution in [0.2, 0.25) is 0 Å². The Bertz CT molecular complexity index is 289. The number of nitrogens with two attached hydrogens (primary N) is 1. The Balaban J connectivity index is 2.26. The summed E-state index contributed by atoms with van der Waals surface area (Å²) >= 11 is 0. The van der Waals surface area contributed by atoms with E-state index in [1.165, 1.54) is 0 Å². The van der Waals surface area contributed by atoms with E-state index < -0.39 is 12.0 Å². The second kappa shape index (κ2) is 5.31. The van der Waals surface area contributed by atoms with Gasteiger partial charge >= 0.3 is 0 Å². The summed E-state index contributed by atoms with van der Waals surface area (Å²) in [6.07, 6.45) is 2.26. The van der Waals surface area contributed by atoms with Crippen molar-refractivity contribution in [3.63, 3.8) is 0 Å². The summed E-state index contributed by atoms with van der Waals surface area (Å²) in [7, 11) is 0. The minimum atomic E-state index is -1.13. The summed E-state index contributed by atoms with van der Waals surface area (Å²) in [6.45, 7) is 0.711. The van der Waals surface area contributed by atoms with Crippen LogP contribution in [0.3, 0.4) is 0 Å². The molecule has 0 aliphatic carbocycles. The van der Waals surface area contributed by atoms with E-state index in [2.05, 4.69) is 10.3 Å². The van der Waals surface area contributed by atoms with Gasteiger partial charge in [-0.3, -0.25) is 9.78 Å². The van der Waals surface area contributed by atoms with Gasteiger partial charge in [0, 0.05) is 25.5 Å². The molecule has 1 unspecified atom stereocenters. The van der Waals surface area contributed by atoms with Crippen LogP contribution >= 0.6 is 0 Å². The SMILES string of the molecule is NC(=O)C(O)CNCc1cccnc1. The fourth-order valence-corrected chi connectivity index (χ4v) is 0.957. The first-order valence-corrected chi connectivity index (χ1v) is 4.27. The van der Waals surface area contributed by atoms with Crippen molar-refractivity contribution in [1.82, 2.24) is 10.3 Å². The second-order valence-electron chi connectivity index (χ2n) is 2.91. The highest BCUT2D eigenvalue weighted by Gasteiger charge is 2.08. The molecule has 14 heavy (non-hydrogen) atoms. The number of primary amides is 1. The average molecular weight is 195 g/mol. The summed E-state index contributed by atoms with van der Waals surface area (Å²) in [4.78, 5) is 14.4. The molecule has 0 aliphatic heterocycles. The van der Waals surface area contributed by atoms with Crippen LogP contribution in [0.25, 0.3) is 0 Å². The van der Waals surface area contributed by atoms with Crippen molar-refractivity contribution >= 4 is 5.91 Å². The van der Waals surface area contributed by atoms with Gasteiger partial charge in [0.25, 0.3) is 0 Å². The topological polar surface area (TPSA) is 88.2 Å². The van der Waals surface area contributed by atoms with E-state index in [1.807, 2.05) is 12.1 Å². The lowest BCUT2D eigenvalue weighted by Gasteiger charge is -2.07. The van der Waals surface area contributed by atoms with Crippen LogP contribution in [0.1, 0.15) is 5.56 Å². The summed E-state index contributed by atoms with van der Waals surface area (Å²) in [5.74, 6) is -0.719. The van der Waals surface area contributed by atoms with E-state index in [0.29, 0.717) is 6.54 Å². The number of amides is 1. The third-order valence-electron chi connectivity index (χ3n) is 1.72. The number of hydrogen-bond donors (Lipinski definition) is 3. The van der Waals surface area contributed by atoms with Crippen molar-refractivity contribution in [1.29, 1.82) is 0 Å². The fourth-order valence-electron chi connectivity index (χ4n) is 0.957. The third kappa shape index (κ3) is 3.51. The molecule has 76 valence electrons. The number of pyridine rings is 1. The minimum Gasteiger partial charge on any atom is -0.382 e. The Morgan fingerprint density at radius 3 is 3.07 bits per heavy atom. The normalized spacial score (nSPS) is 12.4. The van der Waals surface area contributed by atoms with Crippen LogP contribution < -0.4 is 11.1 Å². The number of carbonyl (C=O) groups excluding carboxylic acids is 1. The molecule has 0 radical (unpaired) electrons. The zero-order valence-corrected chi connectivity index (χ0v) is 7.68. The summed E-state index contributed by atoms with van der Waals surface area (Å²) in [5, 5.41) is 11.9. The van der Waals surface area contributed by atoms with Gasteiger partial charge in [-0.05, 0) is 11.6 Å². The molecule has 5 heteroatoms. The van der Waals surface area contributed by atoms with E-state index in [0.717, 1.165) is 5.56 Å². The van der Waals surface area contributed by atoms with Crippen LogP contribution in [0.5, 0.6) is 0 Å². The molecule has 0 fully saturated rings. The zero-order chi connectivity index (χ0) is 10.4. The molecule has 0 aliphatic rings. The van der Waals surface area contributed by atoms with E-state index in [9.17, 15) is 4.79 Å². The van der Waals surface area contributed by atoms with Crippen molar-refractivity contribution in [3.05, 3.63) is 30.1 Å². The van der Waals surface area contributed by atoms with Gasteiger partial charge in [0.05, 0.1) is 0 Å². The Kier molecular flexibility index (Phi) is 4.03. The number of carbonyl (C=O) groups is 1. The Morgan fingerprint density at radius 2 is 2.50 bits per heavy atom. The van der Waals surface area contributed by atoms with Crippen LogP contribution in [-0.2, 0) is 11.3 Å². The van der Waals surface area contributed by atoms with Crippen LogP contribution in [0.4, 0.5) is 0 Å². The number of hydrogen-bond acceptors (Lipinski definition) is 4. The average Bonchev–Trinajstić information content (AvgIpc) is 2.19. The number of nitrogens with one attached hydrogen (secondary N) is 1. The molecular formula is C9H13N3O2. The van der Waals surface area contributed by atoms with Crippen molar-refractivity contribution in [2.75, 3.05) is 6.54 Å². The number of aliphatic hydroxyl groups is 1. The molecule has 0 spiro atoms. The van der Waals surface area contributed by atoms with Crippen LogP contribution in [0.15, 0.2) is 24.5 Å². The van der Waals surface area contributed by atoms with Gasteiger partial charge in [0.1, 0.15) is 6.10 Å². The third-order valence-corrected chi connectivity index (χ3v) is 1.72. The summed E-state index contributed by atoms with van der Waals surface area (Å²) in [6, 6.07) is 3.72. The number of aliphatic hydroxyl groups excluding tert-OH is 1.